The van der Waals surface area contributed by atoms with Crippen molar-refractivity contribution in [1.82, 2.24) is 0 Å². The molecule has 0 aromatic rings. The molecule has 3 unspecified atom stereocenters. The van der Waals surface area contributed by atoms with Crippen molar-refractivity contribution in [2.45, 2.75) is 37.0 Å². The van der Waals surface area contributed by atoms with E-state index >= 15 is 0 Å². The first-order chi connectivity index (χ1) is 10.6. The molecule has 0 spiro atoms. The van der Waals surface area contributed by atoms with Crippen LogP contribution in [0.1, 0.15) is 0 Å². The van der Waals surface area contributed by atoms with E-state index in [0.29, 0.717) is 0 Å². The van der Waals surface area contributed by atoms with Gasteiger partial charge in [-0.25, -0.2) is 4.79 Å². The number of rotatable bonds is 8. The van der Waals surface area contributed by atoms with Gasteiger partial charge in [-0.2, -0.15) is 39.5 Å². The molecule has 0 heterocycles. The highest BCUT2D eigenvalue weighted by Gasteiger charge is 2.52. The highest BCUT2D eigenvalue weighted by molar-refractivity contribution is 5.73. The predicted molar refractivity (Wildman–Crippen MR) is 51.4 cm³/mol. The van der Waals surface area contributed by atoms with Gasteiger partial charge < -0.3 is 19.3 Å². The number of carboxylic acid groups (broad SMARTS) is 1. The van der Waals surface area contributed by atoms with E-state index < -0.39 is 56.1 Å². The molecule has 142 valence electrons. The van der Waals surface area contributed by atoms with Gasteiger partial charge in [0.1, 0.15) is 0 Å². The van der Waals surface area contributed by atoms with E-state index in [9.17, 15) is 49.1 Å². The van der Waals surface area contributed by atoms with Gasteiger partial charge in [-0.15, -0.1) is 0 Å². The number of carboxylic acids is 1. The van der Waals surface area contributed by atoms with Crippen molar-refractivity contribution in [3.8, 4) is 0 Å². The van der Waals surface area contributed by atoms with Gasteiger partial charge in [0.15, 0.2) is 6.10 Å². The Morgan fingerprint density at radius 1 is 0.958 bits per heavy atom. The molecular formula is C9H7F9O6. The lowest BCUT2D eigenvalue weighted by Crippen LogP contribution is -2.47. The molecule has 15 heteroatoms. The average molecular weight is 382 g/mol. The Kier molecular flexibility index (Phi) is 7.29. The zero-order valence-electron chi connectivity index (χ0n) is 10.9. The van der Waals surface area contributed by atoms with E-state index in [1.807, 2.05) is 0 Å². The van der Waals surface area contributed by atoms with Gasteiger partial charge in [0, 0.05) is 0 Å². The number of alkyl halides is 9. The maximum atomic E-state index is 12.5. The topological polar surface area (TPSA) is 82.1 Å². The molecule has 0 aliphatic carbocycles. The van der Waals surface area contributed by atoms with E-state index in [-0.39, 0.29) is 0 Å². The molecule has 0 saturated heterocycles. The zero-order valence-corrected chi connectivity index (χ0v) is 10.9. The average Bonchev–Trinajstić information content (AvgIpc) is 2.31. The first-order valence-electron chi connectivity index (χ1n) is 5.39. The summed E-state index contributed by atoms with van der Waals surface area (Å²) < 4.78 is 121. The number of halogens is 9. The fourth-order valence-corrected chi connectivity index (χ4v) is 1.09. The van der Waals surface area contributed by atoms with Gasteiger partial charge >= 0.3 is 24.5 Å². The summed E-state index contributed by atoms with van der Waals surface area (Å²) in [6.45, 7) is -3.16. The van der Waals surface area contributed by atoms with E-state index in [1.54, 1.807) is 0 Å². The SMILES string of the molecule is O=COC(OC(COC(C(=O)O)C(F)(F)F)C(F)(F)F)C(F)(F)F. The standard InChI is InChI=1S/C9H7F9O6/c10-7(11,12)3(24-6(23-2-19)9(16,17)18)1-22-4(5(20)21)8(13,14)15/h2-4,6H,1H2,(H,20,21). The van der Waals surface area contributed by atoms with Gasteiger partial charge in [-0.05, 0) is 0 Å². The Labute approximate surface area is 126 Å². The maximum absolute atomic E-state index is 12.5. The minimum atomic E-state index is -5.69. The first kappa shape index (κ1) is 22.2. The fraction of sp³-hybridized carbons (Fsp3) is 0.778. The number of hydrogen-bond donors (Lipinski definition) is 1. The van der Waals surface area contributed by atoms with Crippen molar-refractivity contribution in [2.75, 3.05) is 6.61 Å². The van der Waals surface area contributed by atoms with Crippen molar-refractivity contribution in [2.24, 2.45) is 0 Å². The monoisotopic (exact) mass is 382 g/mol. The van der Waals surface area contributed by atoms with E-state index in [2.05, 4.69) is 14.2 Å². The minimum Gasteiger partial charge on any atom is -0.479 e. The van der Waals surface area contributed by atoms with Crippen LogP contribution >= 0.6 is 0 Å². The molecule has 1 N–H and O–H groups in total. The molecular weight excluding hydrogens is 375 g/mol. The molecule has 0 bridgehead atoms. The summed E-state index contributed by atoms with van der Waals surface area (Å²) in [6, 6.07) is 0. The van der Waals surface area contributed by atoms with Gasteiger partial charge in [-0.1, -0.05) is 0 Å². The number of ether oxygens (including phenoxy) is 3. The van der Waals surface area contributed by atoms with Crippen LogP contribution in [0, 0.1) is 0 Å². The van der Waals surface area contributed by atoms with E-state index in [4.69, 9.17) is 5.11 Å². The van der Waals surface area contributed by atoms with Crippen LogP contribution in [0.15, 0.2) is 0 Å². The zero-order chi connectivity index (χ0) is 19.3. The molecule has 0 fully saturated rings. The Morgan fingerprint density at radius 2 is 1.46 bits per heavy atom. The Balaban J connectivity index is 5.22. The van der Waals surface area contributed by atoms with Crippen LogP contribution in [-0.4, -0.2) is 61.2 Å². The highest BCUT2D eigenvalue weighted by atomic mass is 19.4. The van der Waals surface area contributed by atoms with Crippen LogP contribution in [0.25, 0.3) is 0 Å². The van der Waals surface area contributed by atoms with Crippen molar-refractivity contribution in [3.05, 3.63) is 0 Å². The Hall–Kier alpha value is -1.77. The molecule has 0 rings (SSSR count). The summed E-state index contributed by atoms with van der Waals surface area (Å²) in [5.74, 6) is -2.72. The van der Waals surface area contributed by atoms with Crippen molar-refractivity contribution in [1.29, 1.82) is 0 Å². The maximum Gasteiger partial charge on any atom is 0.452 e. The van der Waals surface area contributed by atoms with Crippen molar-refractivity contribution in [3.63, 3.8) is 0 Å². The summed E-state index contributed by atoms with van der Waals surface area (Å²) >= 11 is 0. The quantitative estimate of drug-likeness (QED) is 0.393. The second-order valence-corrected chi connectivity index (χ2v) is 3.87. The fourth-order valence-electron chi connectivity index (χ4n) is 1.09. The third-order valence-electron chi connectivity index (χ3n) is 2.04. The minimum absolute atomic E-state index is 0.901. The normalized spacial score (nSPS) is 17.0. The molecule has 6 nitrogen and oxygen atoms in total. The molecule has 0 aliphatic rings. The molecule has 3 atom stereocenters. The second kappa shape index (κ2) is 7.87. The van der Waals surface area contributed by atoms with Gasteiger partial charge in [0.05, 0.1) is 6.61 Å². The molecule has 0 saturated carbocycles. The van der Waals surface area contributed by atoms with E-state index in [1.165, 1.54) is 0 Å². The first-order valence-corrected chi connectivity index (χ1v) is 5.39. The molecule has 0 aromatic heterocycles. The molecule has 24 heavy (non-hydrogen) atoms. The lowest BCUT2D eigenvalue weighted by atomic mass is 10.3. The smallest absolute Gasteiger partial charge is 0.452 e. The number of aliphatic carboxylic acids is 1. The van der Waals surface area contributed by atoms with Crippen LogP contribution in [0.4, 0.5) is 39.5 Å². The van der Waals surface area contributed by atoms with Crippen LogP contribution in [-0.2, 0) is 23.8 Å². The predicted octanol–water partition coefficient (Wildman–Crippen LogP) is 2.03. The summed E-state index contributed by atoms with van der Waals surface area (Å²) in [5, 5.41) is 8.20. The van der Waals surface area contributed by atoms with Crippen molar-refractivity contribution < 1.29 is 68.4 Å². The molecule has 0 amide bonds. The van der Waals surface area contributed by atoms with E-state index in [0.717, 1.165) is 0 Å². The Morgan fingerprint density at radius 3 is 1.75 bits per heavy atom. The number of carbonyl (C=O) groups excluding carboxylic acids is 1. The van der Waals surface area contributed by atoms with Crippen LogP contribution in [0.3, 0.4) is 0 Å². The Bertz CT molecular complexity index is 429. The lowest BCUT2D eigenvalue weighted by molar-refractivity contribution is -0.347. The van der Waals surface area contributed by atoms with Crippen LogP contribution in [0.5, 0.6) is 0 Å². The molecule has 0 aliphatic heterocycles. The lowest BCUT2D eigenvalue weighted by Gasteiger charge is -2.27. The number of carbonyl (C=O) groups is 2. The summed E-state index contributed by atoms with van der Waals surface area (Å²) in [5.41, 5.74) is 0. The van der Waals surface area contributed by atoms with Gasteiger partial charge in [0.25, 0.3) is 18.9 Å². The van der Waals surface area contributed by atoms with Crippen LogP contribution < -0.4 is 0 Å². The third-order valence-corrected chi connectivity index (χ3v) is 2.04. The second-order valence-electron chi connectivity index (χ2n) is 3.87. The number of hydrogen-bond acceptors (Lipinski definition) is 5. The molecule has 0 radical (unpaired) electrons. The van der Waals surface area contributed by atoms with Gasteiger partial charge in [0.2, 0.25) is 0 Å². The van der Waals surface area contributed by atoms with Crippen LogP contribution in [0.2, 0.25) is 0 Å². The molecule has 0 aromatic carbocycles. The summed E-state index contributed by atoms with van der Waals surface area (Å²) in [6.07, 6.45) is -28.1. The largest absolute Gasteiger partial charge is 0.479 e. The summed E-state index contributed by atoms with van der Waals surface area (Å²) in [7, 11) is 0. The van der Waals surface area contributed by atoms with Crippen molar-refractivity contribution >= 4 is 12.4 Å². The van der Waals surface area contributed by atoms with Gasteiger partial charge in [-0.3, -0.25) is 4.79 Å². The highest BCUT2D eigenvalue weighted by Crippen LogP contribution is 2.31. The summed E-state index contributed by atoms with van der Waals surface area (Å²) in [4.78, 5) is 20.1. The third kappa shape index (κ3) is 7.20.